The van der Waals surface area contributed by atoms with Gasteiger partial charge in [-0.25, -0.2) is 0 Å². The quantitative estimate of drug-likeness (QED) is 0.633. The fourth-order valence-electron chi connectivity index (χ4n) is 3.50. The van der Waals surface area contributed by atoms with Crippen molar-refractivity contribution in [3.63, 3.8) is 0 Å². The topological polar surface area (TPSA) is 20.2 Å². The Bertz CT molecular complexity index is 226. The number of aliphatic hydroxyl groups excluding tert-OH is 1. The van der Waals surface area contributed by atoms with Crippen LogP contribution in [0, 0.1) is 30.1 Å². The van der Waals surface area contributed by atoms with Gasteiger partial charge in [0, 0.05) is 0 Å². The molecule has 0 saturated heterocycles. The third-order valence-electron chi connectivity index (χ3n) is 4.21. The molecule has 0 radical (unpaired) electrons. The Morgan fingerprint density at radius 1 is 1.07 bits per heavy atom. The molecule has 4 unspecified atom stereocenters. The van der Waals surface area contributed by atoms with Crippen molar-refractivity contribution in [3.05, 3.63) is 0 Å². The van der Waals surface area contributed by atoms with Gasteiger partial charge in [0.25, 0.3) is 0 Å². The molecular formula is C13H20O. The first-order valence-electron chi connectivity index (χ1n) is 5.97. The fourth-order valence-corrected chi connectivity index (χ4v) is 3.50. The van der Waals surface area contributed by atoms with Crippen molar-refractivity contribution in [3.8, 4) is 12.3 Å². The fraction of sp³-hybridized carbons (Fsp3) is 0.846. The third kappa shape index (κ3) is 1.81. The van der Waals surface area contributed by atoms with Gasteiger partial charge in [-0.05, 0) is 30.6 Å². The Morgan fingerprint density at radius 2 is 1.79 bits per heavy atom. The summed E-state index contributed by atoms with van der Waals surface area (Å²) in [4.78, 5) is 0. The van der Waals surface area contributed by atoms with Crippen LogP contribution in [0.1, 0.15) is 44.9 Å². The maximum absolute atomic E-state index is 9.79. The average Bonchev–Trinajstić information content (AvgIpc) is 2.27. The van der Waals surface area contributed by atoms with Crippen molar-refractivity contribution in [2.75, 3.05) is 0 Å². The zero-order valence-corrected chi connectivity index (χ0v) is 8.78. The molecule has 0 heterocycles. The summed E-state index contributed by atoms with van der Waals surface area (Å²) in [6, 6.07) is 0. The summed E-state index contributed by atoms with van der Waals surface area (Å²) in [5.41, 5.74) is 0. The number of rotatable bonds is 1. The number of terminal acetylenes is 1. The van der Waals surface area contributed by atoms with Gasteiger partial charge < -0.3 is 5.11 Å². The lowest BCUT2D eigenvalue weighted by atomic mass is 9.64. The summed E-state index contributed by atoms with van der Waals surface area (Å²) >= 11 is 0. The van der Waals surface area contributed by atoms with Crippen LogP contribution in [0.3, 0.4) is 0 Å². The van der Waals surface area contributed by atoms with Crippen molar-refractivity contribution in [1.29, 1.82) is 0 Å². The van der Waals surface area contributed by atoms with E-state index in [-0.39, 0.29) is 0 Å². The zero-order chi connectivity index (χ0) is 9.97. The summed E-state index contributed by atoms with van der Waals surface area (Å²) < 4.78 is 0. The van der Waals surface area contributed by atoms with E-state index in [0.717, 1.165) is 18.3 Å². The Labute approximate surface area is 86.9 Å². The van der Waals surface area contributed by atoms with E-state index in [9.17, 15) is 5.11 Å². The number of fused-ring (bicyclic) bond motifs is 1. The molecule has 0 bridgehead atoms. The molecule has 0 aromatic carbocycles. The van der Waals surface area contributed by atoms with Crippen molar-refractivity contribution in [2.24, 2.45) is 17.8 Å². The molecule has 78 valence electrons. The molecule has 0 aliphatic heterocycles. The van der Waals surface area contributed by atoms with Crippen LogP contribution >= 0.6 is 0 Å². The van der Waals surface area contributed by atoms with Crippen LogP contribution in [0.15, 0.2) is 0 Å². The molecule has 4 atom stereocenters. The molecule has 2 aliphatic carbocycles. The molecule has 0 aromatic heterocycles. The zero-order valence-electron chi connectivity index (χ0n) is 8.78. The first kappa shape index (κ1) is 10.1. The maximum atomic E-state index is 9.79. The van der Waals surface area contributed by atoms with Gasteiger partial charge in [0.15, 0.2) is 0 Å². The Hall–Kier alpha value is -0.480. The molecule has 2 fully saturated rings. The lowest BCUT2D eigenvalue weighted by Crippen LogP contribution is -2.37. The van der Waals surface area contributed by atoms with Gasteiger partial charge in [-0.2, -0.15) is 0 Å². The summed E-state index contributed by atoms with van der Waals surface area (Å²) in [7, 11) is 0. The molecule has 1 N–H and O–H groups in total. The lowest BCUT2D eigenvalue weighted by Gasteiger charge is -2.42. The van der Waals surface area contributed by atoms with Crippen molar-refractivity contribution in [2.45, 2.75) is 51.0 Å². The molecule has 14 heavy (non-hydrogen) atoms. The van der Waals surface area contributed by atoms with Crippen LogP contribution in [-0.4, -0.2) is 11.2 Å². The number of aliphatic hydroxyl groups is 1. The largest absolute Gasteiger partial charge is 0.380 e. The van der Waals surface area contributed by atoms with Crippen LogP contribution in [0.4, 0.5) is 0 Å². The van der Waals surface area contributed by atoms with Crippen molar-refractivity contribution in [1.82, 2.24) is 0 Å². The highest BCUT2D eigenvalue weighted by Crippen LogP contribution is 2.44. The third-order valence-corrected chi connectivity index (χ3v) is 4.21. The van der Waals surface area contributed by atoms with E-state index in [1.807, 2.05) is 0 Å². The molecule has 0 amide bonds. The van der Waals surface area contributed by atoms with Crippen molar-refractivity contribution >= 4 is 0 Å². The summed E-state index contributed by atoms with van der Waals surface area (Å²) in [5, 5.41) is 9.79. The highest BCUT2D eigenvalue weighted by atomic mass is 16.3. The van der Waals surface area contributed by atoms with Gasteiger partial charge in [0.2, 0.25) is 0 Å². The molecule has 1 heteroatoms. The number of hydrogen-bond acceptors (Lipinski definition) is 1. The predicted octanol–water partition coefficient (Wildman–Crippen LogP) is 2.59. The standard InChI is InChI=1S/C13H20O/c1-2-13(14)12-9-5-7-10-6-3-4-8-11(10)12/h1,10-14H,3-9H2. The van der Waals surface area contributed by atoms with Gasteiger partial charge >= 0.3 is 0 Å². The molecule has 2 rings (SSSR count). The van der Waals surface area contributed by atoms with Crippen molar-refractivity contribution < 1.29 is 5.11 Å². The molecule has 2 aliphatic rings. The monoisotopic (exact) mass is 192 g/mol. The smallest absolute Gasteiger partial charge is 0.117 e. The van der Waals surface area contributed by atoms with E-state index in [2.05, 4.69) is 5.92 Å². The Kier molecular flexibility index (Phi) is 3.13. The number of hydrogen-bond donors (Lipinski definition) is 1. The van der Waals surface area contributed by atoms with E-state index in [1.54, 1.807) is 0 Å². The molecule has 1 nitrogen and oxygen atoms in total. The second-order valence-electron chi connectivity index (χ2n) is 4.91. The van der Waals surface area contributed by atoms with Crippen LogP contribution in [0.2, 0.25) is 0 Å². The summed E-state index contributed by atoms with van der Waals surface area (Å²) in [6.45, 7) is 0. The Morgan fingerprint density at radius 3 is 2.57 bits per heavy atom. The minimum Gasteiger partial charge on any atom is -0.380 e. The van der Waals surface area contributed by atoms with Gasteiger partial charge in [-0.1, -0.05) is 38.0 Å². The summed E-state index contributed by atoms with van der Waals surface area (Å²) in [6.07, 6.45) is 14.0. The van der Waals surface area contributed by atoms with E-state index >= 15 is 0 Å². The lowest BCUT2D eigenvalue weighted by molar-refractivity contribution is 0.0310. The van der Waals surface area contributed by atoms with Gasteiger partial charge in [-0.3, -0.25) is 0 Å². The second kappa shape index (κ2) is 4.36. The van der Waals surface area contributed by atoms with Crippen LogP contribution in [-0.2, 0) is 0 Å². The first-order valence-corrected chi connectivity index (χ1v) is 5.97. The van der Waals surface area contributed by atoms with E-state index in [4.69, 9.17) is 6.42 Å². The molecule has 0 aromatic rings. The summed E-state index contributed by atoms with van der Waals surface area (Å²) in [5.74, 6) is 4.52. The van der Waals surface area contributed by atoms with E-state index in [1.165, 1.54) is 38.5 Å². The predicted molar refractivity (Wildman–Crippen MR) is 57.6 cm³/mol. The maximum Gasteiger partial charge on any atom is 0.117 e. The minimum atomic E-state index is -0.485. The van der Waals surface area contributed by atoms with Crippen LogP contribution in [0.5, 0.6) is 0 Å². The highest BCUT2D eigenvalue weighted by molar-refractivity contribution is 5.01. The average molecular weight is 192 g/mol. The van der Waals surface area contributed by atoms with Gasteiger partial charge in [-0.15, -0.1) is 6.42 Å². The second-order valence-corrected chi connectivity index (χ2v) is 4.91. The van der Waals surface area contributed by atoms with E-state index in [0.29, 0.717) is 5.92 Å². The molecule has 0 spiro atoms. The van der Waals surface area contributed by atoms with E-state index < -0.39 is 6.10 Å². The SMILES string of the molecule is C#CC(O)C1CCCC2CCCCC21. The van der Waals surface area contributed by atoms with Gasteiger partial charge in [0.1, 0.15) is 6.10 Å². The van der Waals surface area contributed by atoms with Crippen LogP contribution in [0.25, 0.3) is 0 Å². The molecular weight excluding hydrogens is 172 g/mol. The van der Waals surface area contributed by atoms with Gasteiger partial charge in [0.05, 0.1) is 0 Å². The Balaban J connectivity index is 2.05. The minimum absolute atomic E-state index is 0.402. The molecule has 2 saturated carbocycles. The first-order chi connectivity index (χ1) is 6.83. The van der Waals surface area contributed by atoms with Crippen LogP contribution < -0.4 is 0 Å². The highest BCUT2D eigenvalue weighted by Gasteiger charge is 2.37. The normalized spacial score (nSPS) is 39.6.